The number of likely N-dealkylation sites (tertiary alicyclic amines) is 1. The number of rotatable bonds is 6. The molecule has 1 aromatic rings. The minimum absolute atomic E-state index is 0.253. The number of benzene rings is 1. The molecule has 1 aromatic carbocycles. The third kappa shape index (κ3) is 4.17. The molecule has 7 nitrogen and oxygen atoms in total. The highest BCUT2D eigenvalue weighted by Crippen LogP contribution is 2.21. The van der Waals surface area contributed by atoms with Gasteiger partial charge in [-0.1, -0.05) is 30.3 Å². The zero-order valence-electron chi connectivity index (χ0n) is 13.9. The van der Waals surface area contributed by atoms with Crippen molar-refractivity contribution >= 4 is 17.8 Å². The van der Waals surface area contributed by atoms with Gasteiger partial charge in [0.25, 0.3) is 0 Å². The summed E-state index contributed by atoms with van der Waals surface area (Å²) in [6.45, 7) is 0.438. The van der Waals surface area contributed by atoms with E-state index in [1.54, 1.807) is 0 Å². The maximum atomic E-state index is 13.0. The average molecular weight is 346 g/mol. The van der Waals surface area contributed by atoms with Crippen LogP contribution in [0.2, 0.25) is 0 Å². The number of carboxylic acid groups (broad SMARTS) is 1. The van der Waals surface area contributed by atoms with E-state index < -0.39 is 24.3 Å². The Morgan fingerprint density at radius 1 is 1.28 bits per heavy atom. The van der Waals surface area contributed by atoms with Crippen LogP contribution in [0.3, 0.4) is 0 Å². The fraction of sp³-hybridized carbons (Fsp3) is 0.500. The van der Waals surface area contributed by atoms with Crippen molar-refractivity contribution in [2.24, 2.45) is 0 Å². The van der Waals surface area contributed by atoms with Gasteiger partial charge >= 0.3 is 11.9 Å². The van der Waals surface area contributed by atoms with Gasteiger partial charge in [0.2, 0.25) is 5.91 Å². The maximum absolute atomic E-state index is 13.0. The van der Waals surface area contributed by atoms with Crippen LogP contribution in [-0.4, -0.2) is 52.7 Å². The summed E-state index contributed by atoms with van der Waals surface area (Å²) >= 11 is 0. The Morgan fingerprint density at radius 2 is 2.04 bits per heavy atom. The summed E-state index contributed by atoms with van der Waals surface area (Å²) in [6.07, 6.45) is 1.90. The Labute approximate surface area is 146 Å². The predicted octanol–water partition coefficient (Wildman–Crippen LogP) is 0.926. The van der Waals surface area contributed by atoms with Gasteiger partial charge in [0.05, 0.1) is 12.5 Å². The number of hydrogen-bond donors (Lipinski definition) is 2. The van der Waals surface area contributed by atoms with Gasteiger partial charge in [0.15, 0.2) is 6.23 Å². The van der Waals surface area contributed by atoms with E-state index in [1.807, 2.05) is 30.3 Å². The lowest BCUT2D eigenvalue weighted by Gasteiger charge is -2.29. The smallest absolute Gasteiger partial charge is 0.326 e. The van der Waals surface area contributed by atoms with E-state index in [0.29, 0.717) is 38.6 Å². The molecule has 2 N–H and O–H groups in total. The molecule has 0 aromatic heterocycles. The van der Waals surface area contributed by atoms with E-state index in [4.69, 9.17) is 4.74 Å². The fourth-order valence-corrected chi connectivity index (χ4v) is 3.42. The van der Waals surface area contributed by atoms with Crippen LogP contribution in [0, 0.1) is 0 Å². The minimum atomic E-state index is -0.975. The topological polar surface area (TPSA) is 95.9 Å². The average Bonchev–Trinajstić information content (AvgIpc) is 3.23. The predicted molar refractivity (Wildman–Crippen MR) is 88.6 cm³/mol. The van der Waals surface area contributed by atoms with E-state index in [0.717, 1.165) is 5.56 Å². The molecule has 2 aliphatic heterocycles. The lowest BCUT2D eigenvalue weighted by molar-refractivity contribution is -0.150. The molecule has 7 heteroatoms. The van der Waals surface area contributed by atoms with Crippen molar-refractivity contribution in [2.45, 2.75) is 50.4 Å². The number of hydrogen-bond acceptors (Lipinski definition) is 5. The first-order chi connectivity index (χ1) is 12.0. The zero-order valence-corrected chi connectivity index (χ0v) is 13.9. The molecular weight excluding hydrogens is 324 g/mol. The van der Waals surface area contributed by atoms with Crippen LogP contribution in [0.4, 0.5) is 0 Å². The van der Waals surface area contributed by atoms with Crippen LogP contribution in [0.1, 0.15) is 31.2 Å². The molecule has 1 unspecified atom stereocenters. The van der Waals surface area contributed by atoms with E-state index in [9.17, 15) is 19.5 Å². The monoisotopic (exact) mass is 346 g/mol. The third-order valence-electron chi connectivity index (χ3n) is 4.67. The first-order valence-electron chi connectivity index (χ1n) is 8.57. The largest absolute Gasteiger partial charge is 0.480 e. The molecule has 134 valence electrons. The lowest BCUT2D eigenvalue weighted by Crippen LogP contribution is -2.53. The van der Waals surface area contributed by atoms with E-state index in [1.165, 1.54) is 4.90 Å². The number of ether oxygens (including phenoxy) is 1. The molecule has 2 fully saturated rings. The highest BCUT2D eigenvalue weighted by Gasteiger charge is 2.38. The second kappa shape index (κ2) is 7.65. The molecule has 1 amide bonds. The number of amides is 1. The molecule has 2 saturated heterocycles. The van der Waals surface area contributed by atoms with E-state index >= 15 is 0 Å². The Morgan fingerprint density at radius 3 is 2.68 bits per heavy atom. The normalized spacial score (nSPS) is 24.2. The molecule has 25 heavy (non-hydrogen) atoms. The summed E-state index contributed by atoms with van der Waals surface area (Å²) in [5, 5.41) is 12.4. The number of nitrogens with one attached hydrogen (secondary N) is 1. The first kappa shape index (κ1) is 17.4. The zero-order chi connectivity index (χ0) is 17.8. The molecule has 0 saturated carbocycles. The molecule has 2 heterocycles. The van der Waals surface area contributed by atoms with Gasteiger partial charge in [0.1, 0.15) is 6.04 Å². The molecular formula is C18H22N2O5. The summed E-state index contributed by atoms with van der Waals surface area (Å²) in [7, 11) is 0. The second-order valence-corrected chi connectivity index (χ2v) is 6.45. The van der Waals surface area contributed by atoms with Crippen LogP contribution in [-0.2, 0) is 25.5 Å². The van der Waals surface area contributed by atoms with Gasteiger partial charge in [-0.3, -0.25) is 14.9 Å². The third-order valence-corrected chi connectivity index (χ3v) is 4.67. The van der Waals surface area contributed by atoms with Gasteiger partial charge in [-0.25, -0.2) is 4.79 Å². The van der Waals surface area contributed by atoms with Gasteiger partial charge < -0.3 is 14.7 Å². The Kier molecular flexibility index (Phi) is 5.33. The van der Waals surface area contributed by atoms with Gasteiger partial charge in [-0.15, -0.1) is 0 Å². The SMILES string of the molecule is O=C1CCC(N[C@@H](Cc2ccccc2)C(=O)N2CCC[C@H]2C(=O)O)O1. The Bertz CT molecular complexity index is 648. The molecule has 0 aliphatic carbocycles. The summed E-state index contributed by atoms with van der Waals surface area (Å²) in [5.74, 6) is -1.51. The summed E-state index contributed by atoms with van der Waals surface area (Å²) < 4.78 is 5.18. The molecule has 2 aliphatic rings. The fourth-order valence-electron chi connectivity index (χ4n) is 3.42. The standard InChI is InChI=1S/C18H22N2O5/c21-16-9-8-15(25-16)19-13(11-12-5-2-1-3-6-12)17(22)20-10-4-7-14(20)18(23)24/h1-3,5-6,13-15,19H,4,7-11H2,(H,23,24)/t13-,14-,15?/m0/s1. The van der Waals surface area contributed by atoms with Crippen molar-refractivity contribution in [1.29, 1.82) is 0 Å². The van der Waals surface area contributed by atoms with Gasteiger partial charge in [0, 0.05) is 13.0 Å². The second-order valence-electron chi connectivity index (χ2n) is 6.45. The number of nitrogens with zero attached hydrogens (tertiary/aromatic N) is 1. The van der Waals surface area contributed by atoms with Crippen molar-refractivity contribution in [3.63, 3.8) is 0 Å². The number of carboxylic acids is 1. The number of carbonyl (C=O) groups excluding carboxylic acids is 2. The molecule has 3 rings (SSSR count). The Balaban J connectivity index is 1.75. The lowest BCUT2D eigenvalue weighted by atomic mass is 10.0. The van der Waals surface area contributed by atoms with Crippen molar-refractivity contribution < 1.29 is 24.2 Å². The molecule has 0 spiro atoms. The maximum Gasteiger partial charge on any atom is 0.326 e. The number of esters is 1. The summed E-state index contributed by atoms with van der Waals surface area (Å²) in [4.78, 5) is 37.2. The quantitative estimate of drug-likeness (QED) is 0.744. The number of aliphatic carboxylic acids is 1. The van der Waals surface area contributed by atoms with Crippen molar-refractivity contribution in [3.8, 4) is 0 Å². The van der Waals surface area contributed by atoms with Crippen LogP contribution < -0.4 is 5.32 Å². The highest BCUT2D eigenvalue weighted by atomic mass is 16.6. The van der Waals surface area contributed by atoms with Gasteiger partial charge in [-0.2, -0.15) is 0 Å². The van der Waals surface area contributed by atoms with Crippen LogP contribution >= 0.6 is 0 Å². The van der Waals surface area contributed by atoms with E-state index in [2.05, 4.69) is 5.32 Å². The van der Waals surface area contributed by atoms with Gasteiger partial charge in [-0.05, 0) is 24.8 Å². The molecule has 0 bridgehead atoms. The van der Waals surface area contributed by atoms with E-state index in [-0.39, 0.29) is 11.9 Å². The van der Waals surface area contributed by atoms with Crippen molar-refractivity contribution in [3.05, 3.63) is 35.9 Å². The van der Waals surface area contributed by atoms with Crippen LogP contribution in [0.25, 0.3) is 0 Å². The molecule has 3 atom stereocenters. The van der Waals surface area contributed by atoms with Crippen LogP contribution in [0.5, 0.6) is 0 Å². The summed E-state index contributed by atoms with van der Waals surface area (Å²) in [5.41, 5.74) is 0.962. The Hall–Kier alpha value is -2.41. The minimum Gasteiger partial charge on any atom is -0.480 e. The highest BCUT2D eigenvalue weighted by molar-refractivity contribution is 5.88. The van der Waals surface area contributed by atoms with Crippen LogP contribution in [0.15, 0.2) is 30.3 Å². The first-order valence-corrected chi connectivity index (χ1v) is 8.57. The van der Waals surface area contributed by atoms with Crippen molar-refractivity contribution in [1.82, 2.24) is 10.2 Å². The number of cyclic esters (lactones) is 1. The van der Waals surface area contributed by atoms with Crippen molar-refractivity contribution in [2.75, 3.05) is 6.54 Å². The number of carbonyl (C=O) groups is 3. The summed E-state index contributed by atoms with van der Waals surface area (Å²) in [6, 6.07) is 8.11. The molecule has 0 radical (unpaired) electrons.